The number of hydrogen-bond acceptors (Lipinski definition) is 1. The second kappa shape index (κ2) is 10.5. The van der Waals surface area contributed by atoms with E-state index in [0.29, 0.717) is 0 Å². The Morgan fingerprint density at radius 1 is 0.923 bits per heavy atom. The van der Waals surface area contributed by atoms with Gasteiger partial charge in [0.1, 0.15) is 0 Å². The Bertz CT molecular complexity index is 534. The highest BCUT2D eigenvalue weighted by Gasteiger charge is 2.30. The van der Waals surface area contributed by atoms with Gasteiger partial charge in [-0.1, -0.05) is 48.7 Å². The number of rotatable bonds is 7. The standard InChI is InChI=1S/C24H35ClO/c1-26-18-2-3-19-6-12-22(13-7-19)23-14-8-20(9-15-23)4-5-21-10-16-24(25)17-11-21/h2-3,10-11,16-17,19-20,22-23H,4-9,12-15,18H2,1H3/b3-2+/t19-,20?,22-,23?. The smallest absolute Gasteiger partial charge is 0.0643 e. The first kappa shape index (κ1) is 20.0. The molecule has 0 aromatic heterocycles. The molecule has 2 aliphatic rings. The van der Waals surface area contributed by atoms with E-state index in [2.05, 4.69) is 24.3 Å². The molecule has 0 spiro atoms. The quantitative estimate of drug-likeness (QED) is 0.463. The normalized spacial score (nSPS) is 29.9. The van der Waals surface area contributed by atoms with Gasteiger partial charge in [0.25, 0.3) is 0 Å². The largest absolute Gasteiger partial charge is 0.381 e. The first-order chi connectivity index (χ1) is 12.7. The number of benzene rings is 1. The zero-order valence-corrected chi connectivity index (χ0v) is 17.1. The summed E-state index contributed by atoms with van der Waals surface area (Å²) in [6.45, 7) is 0.764. The van der Waals surface area contributed by atoms with E-state index in [-0.39, 0.29) is 0 Å². The van der Waals surface area contributed by atoms with E-state index in [0.717, 1.165) is 35.3 Å². The average molecular weight is 375 g/mol. The molecule has 2 aliphatic carbocycles. The van der Waals surface area contributed by atoms with E-state index in [9.17, 15) is 0 Å². The van der Waals surface area contributed by atoms with Crippen LogP contribution in [0.1, 0.15) is 63.4 Å². The second-order valence-electron chi connectivity index (χ2n) is 8.50. The van der Waals surface area contributed by atoms with Gasteiger partial charge in [0.05, 0.1) is 6.61 Å². The molecule has 2 heteroatoms. The van der Waals surface area contributed by atoms with E-state index in [1.165, 1.54) is 69.8 Å². The Morgan fingerprint density at radius 2 is 1.54 bits per heavy atom. The molecule has 1 aromatic carbocycles. The molecule has 0 amide bonds. The lowest BCUT2D eigenvalue weighted by molar-refractivity contribution is 0.152. The lowest BCUT2D eigenvalue weighted by atomic mass is 9.68. The highest BCUT2D eigenvalue weighted by atomic mass is 35.5. The van der Waals surface area contributed by atoms with Crippen molar-refractivity contribution in [2.45, 2.75) is 64.2 Å². The van der Waals surface area contributed by atoms with Crippen LogP contribution < -0.4 is 0 Å². The number of allylic oxidation sites excluding steroid dienone is 1. The Balaban J connectivity index is 1.34. The first-order valence-corrected chi connectivity index (χ1v) is 11.0. The molecular weight excluding hydrogens is 340 g/mol. The van der Waals surface area contributed by atoms with Crippen LogP contribution >= 0.6 is 11.6 Å². The summed E-state index contributed by atoms with van der Waals surface area (Å²) in [5, 5.41) is 0.846. The van der Waals surface area contributed by atoms with Crippen molar-refractivity contribution in [3.05, 3.63) is 47.0 Å². The molecule has 144 valence electrons. The molecule has 0 bridgehead atoms. The summed E-state index contributed by atoms with van der Waals surface area (Å²) < 4.78 is 5.12. The Morgan fingerprint density at radius 3 is 2.15 bits per heavy atom. The molecule has 0 aliphatic heterocycles. The summed E-state index contributed by atoms with van der Waals surface area (Å²) in [5.74, 6) is 3.75. The number of hydrogen-bond donors (Lipinski definition) is 0. The van der Waals surface area contributed by atoms with Crippen LogP contribution in [-0.4, -0.2) is 13.7 Å². The summed E-state index contributed by atoms with van der Waals surface area (Å²) in [6.07, 6.45) is 18.7. The minimum atomic E-state index is 0.764. The van der Waals surface area contributed by atoms with Crippen LogP contribution in [0, 0.1) is 23.7 Å². The lowest BCUT2D eigenvalue weighted by Gasteiger charge is -2.37. The van der Waals surface area contributed by atoms with Crippen LogP contribution in [0.2, 0.25) is 5.02 Å². The zero-order chi connectivity index (χ0) is 18.2. The molecule has 0 saturated heterocycles. The van der Waals surface area contributed by atoms with Crippen LogP contribution in [0.4, 0.5) is 0 Å². The molecule has 2 saturated carbocycles. The Labute approximate surface area is 165 Å². The molecule has 0 unspecified atom stereocenters. The number of ether oxygens (including phenoxy) is 1. The van der Waals surface area contributed by atoms with E-state index < -0.39 is 0 Å². The third-order valence-electron chi connectivity index (χ3n) is 6.80. The van der Waals surface area contributed by atoms with Gasteiger partial charge in [-0.15, -0.1) is 0 Å². The molecular formula is C24H35ClO. The lowest BCUT2D eigenvalue weighted by Crippen LogP contribution is -2.25. The minimum absolute atomic E-state index is 0.764. The third kappa shape index (κ3) is 6.13. The Hall–Kier alpha value is -0.790. The fourth-order valence-electron chi connectivity index (χ4n) is 5.12. The van der Waals surface area contributed by atoms with Gasteiger partial charge in [-0.3, -0.25) is 0 Å². The van der Waals surface area contributed by atoms with Crippen LogP contribution in [0.15, 0.2) is 36.4 Å². The van der Waals surface area contributed by atoms with Gasteiger partial charge in [-0.2, -0.15) is 0 Å². The summed E-state index contributed by atoms with van der Waals surface area (Å²) in [6, 6.07) is 8.42. The highest BCUT2D eigenvalue weighted by molar-refractivity contribution is 6.30. The van der Waals surface area contributed by atoms with Crippen LogP contribution in [0.5, 0.6) is 0 Å². The second-order valence-corrected chi connectivity index (χ2v) is 8.94. The fraction of sp³-hybridized carbons (Fsp3) is 0.667. The summed E-state index contributed by atoms with van der Waals surface area (Å²) >= 11 is 5.98. The first-order valence-electron chi connectivity index (χ1n) is 10.6. The fourth-order valence-corrected chi connectivity index (χ4v) is 5.25. The minimum Gasteiger partial charge on any atom is -0.381 e. The van der Waals surface area contributed by atoms with Gasteiger partial charge in [0.2, 0.25) is 0 Å². The van der Waals surface area contributed by atoms with Gasteiger partial charge < -0.3 is 4.74 Å². The molecule has 1 nitrogen and oxygen atoms in total. The van der Waals surface area contributed by atoms with Gasteiger partial charge in [-0.25, -0.2) is 0 Å². The van der Waals surface area contributed by atoms with Crippen molar-refractivity contribution in [3.63, 3.8) is 0 Å². The molecule has 0 heterocycles. The predicted molar refractivity (Wildman–Crippen MR) is 112 cm³/mol. The zero-order valence-electron chi connectivity index (χ0n) is 16.3. The van der Waals surface area contributed by atoms with Crippen LogP contribution in [0.3, 0.4) is 0 Å². The van der Waals surface area contributed by atoms with Crippen molar-refractivity contribution in [2.75, 3.05) is 13.7 Å². The van der Waals surface area contributed by atoms with Crippen molar-refractivity contribution in [1.82, 2.24) is 0 Å². The van der Waals surface area contributed by atoms with E-state index in [1.807, 2.05) is 12.1 Å². The van der Waals surface area contributed by atoms with Gasteiger partial charge in [0, 0.05) is 12.1 Å². The summed E-state index contributed by atoms with van der Waals surface area (Å²) in [5.41, 5.74) is 1.44. The van der Waals surface area contributed by atoms with E-state index in [1.54, 1.807) is 7.11 Å². The van der Waals surface area contributed by atoms with Crippen molar-refractivity contribution in [3.8, 4) is 0 Å². The van der Waals surface area contributed by atoms with Crippen LogP contribution in [-0.2, 0) is 11.2 Å². The summed E-state index contributed by atoms with van der Waals surface area (Å²) in [4.78, 5) is 0. The molecule has 3 rings (SSSR count). The van der Waals surface area contributed by atoms with Crippen molar-refractivity contribution >= 4 is 11.6 Å². The van der Waals surface area contributed by atoms with E-state index in [4.69, 9.17) is 16.3 Å². The van der Waals surface area contributed by atoms with E-state index >= 15 is 0 Å². The summed E-state index contributed by atoms with van der Waals surface area (Å²) in [7, 11) is 1.77. The Kier molecular flexibility index (Phi) is 8.08. The number of methoxy groups -OCH3 is 1. The monoisotopic (exact) mass is 374 g/mol. The molecule has 0 N–H and O–H groups in total. The average Bonchev–Trinajstić information content (AvgIpc) is 2.69. The highest BCUT2D eigenvalue weighted by Crippen LogP contribution is 2.42. The maximum Gasteiger partial charge on any atom is 0.0643 e. The maximum atomic E-state index is 5.98. The topological polar surface area (TPSA) is 9.23 Å². The maximum absolute atomic E-state index is 5.98. The van der Waals surface area contributed by atoms with Gasteiger partial charge in [0.15, 0.2) is 0 Å². The molecule has 1 aromatic rings. The number of halogens is 1. The van der Waals surface area contributed by atoms with Gasteiger partial charge >= 0.3 is 0 Å². The number of aryl methyl sites for hydroxylation is 1. The predicted octanol–water partition coefficient (Wildman–Crippen LogP) is 7.09. The van der Waals surface area contributed by atoms with Crippen molar-refractivity contribution in [1.29, 1.82) is 0 Å². The van der Waals surface area contributed by atoms with Crippen LogP contribution in [0.25, 0.3) is 0 Å². The van der Waals surface area contributed by atoms with Crippen molar-refractivity contribution in [2.24, 2.45) is 23.7 Å². The van der Waals surface area contributed by atoms with Gasteiger partial charge in [-0.05, 0) is 92.7 Å². The SMILES string of the molecule is COC/C=C/[C@H]1CC[C@H](C2CCC(CCc3ccc(Cl)cc3)CC2)CC1. The molecule has 26 heavy (non-hydrogen) atoms. The van der Waals surface area contributed by atoms with Crippen molar-refractivity contribution < 1.29 is 4.74 Å². The molecule has 2 fully saturated rings. The third-order valence-corrected chi connectivity index (χ3v) is 7.05. The molecule has 0 radical (unpaired) electrons. The molecule has 0 atom stereocenters.